The summed E-state index contributed by atoms with van der Waals surface area (Å²) < 4.78 is 0. The van der Waals surface area contributed by atoms with E-state index >= 15 is 0 Å². The van der Waals surface area contributed by atoms with Gasteiger partial charge in [0.15, 0.2) is 0 Å². The minimum Gasteiger partial charge on any atom is -0.344 e. The lowest BCUT2D eigenvalue weighted by Gasteiger charge is -2.42. The fourth-order valence-electron chi connectivity index (χ4n) is 5.12. The minimum atomic E-state index is 0.213. The van der Waals surface area contributed by atoms with E-state index in [1.807, 2.05) is 11.9 Å². The molecular weight excluding hydrogens is 386 g/mol. The number of amides is 1. The number of aromatic nitrogens is 1. The number of hydrogen-bond donors (Lipinski definition) is 0. The highest BCUT2D eigenvalue weighted by atomic mass is 16.2. The molecule has 0 N–H and O–H groups in total. The number of piperidine rings is 2. The quantitative estimate of drug-likeness (QED) is 0.604. The van der Waals surface area contributed by atoms with Gasteiger partial charge in [0, 0.05) is 57.4 Å². The molecule has 0 atom stereocenters. The normalized spacial score (nSPS) is 19.8. The standard InChI is InChI=1S/C25H43N5O/c1-5-28(6-2)19-18-27(4)25(31)22-10-16-30(17-11-22)24-12-14-29(15-13-24)20-23-9-7-8-21(3)26-23/h7-9,22,24H,5-6,10-20H2,1-4H3. The Balaban J connectivity index is 1.37. The average molecular weight is 430 g/mol. The van der Waals surface area contributed by atoms with Crippen LogP contribution in [0.2, 0.25) is 0 Å². The summed E-state index contributed by atoms with van der Waals surface area (Å²) in [5.74, 6) is 0.567. The van der Waals surface area contributed by atoms with Crippen molar-refractivity contribution in [3.05, 3.63) is 29.6 Å². The van der Waals surface area contributed by atoms with E-state index in [0.717, 1.165) is 77.4 Å². The lowest BCUT2D eigenvalue weighted by molar-refractivity contribution is -0.136. The van der Waals surface area contributed by atoms with Crippen LogP contribution in [0.25, 0.3) is 0 Å². The van der Waals surface area contributed by atoms with Crippen LogP contribution in [0.3, 0.4) is 0 Å². The molecule has 0 unspecified atom stereocenters. The van der Waals surface area contributed by atoms with Gasteiger partial charge < -0.3 is 14.7 Å². The second-order valence-corrected chi connectivity index (χ2v) is 9.37. The van der Waals surface area contributed by atoms with E-state index in [9.17, 15) is 4.79 Å². The molecule has 3 rings (SSSR count). The van der Waals surface area contributed by atoms with E-state index in [-0.39, 0.29) is 5.92 Å². The van der Waals surface area contributed by atoms with Gasteiger partial charge in [-0.15, -0.1) is 0 Å². The van der Waals surface area contributed by atoms with Crippen molar-refractivity contribution in [1.82, 2.24) is 24.6 Å². The molecule has 2 saturated heterocycles. The van der Waals surface area contributed by atoms with Crippen LogP contribution < -0.4 is 0 Å². The van der Waals surface area contributed by atoms with Crippen molar-refractivity contribution in [3.63, 3.8) is 0 Å². The molecule has 6 heteroatoms. The summed E-state index contributed by atoms with van der Waals surface area (Å²) in [6.07, 6.45) is 4.49. The average Bonchev–Trinajstić information content (AvgIpc) is 2.80. The van der Waals surface area contributed by atoms with Crippen LogP contribution in [0.15, 0.2) is 18.2 Å². The Morgan fingerprint density at radius 2 is 1.71 bits per heavy atom. The minimum absolute atomic E-state index is 0.213. The first-order chi connectivity index (χ1) is 15.0. The van der Waals surface area contributed by atoms with E-state index in [1.54, 1.807) is 0 Å². The third kappa shape index (κ3) is 6.99. The Bertz CT molecular complexity index is 676. The van der Waals surface area contributed by atoms with Crippen LogP contribution in [0.5, 0.6) is 0 Å². The molecule has 31 heavy (non-hydrogen) atoms. The Morgan fingerprint density at radius 1 is 1.03 bits per heavy atom. The van der Waals surface area contributed by atoms with Crippen molar-refractivity contribution in [2.24, 2.45) is 5.92 Å². The number of hydrogen-bond acceptors (Lipinski definition) is 5. The Hall–Kier alpha value is -1.50. The van der Waals surface area contributed by atoms with Crippen LogP contribution in [-0.2, 0) is 11.3 Å². The molecule has 3 heterocycles. The first-order valence-corrected chi connectivity index (χ1v) is 12.4. The first kappa shape index (κ1) is 24.1. The van der Waals surface area contributed by atoms with Crippen molar-refractivity contribution in [2.75, 3.05) is 59.4 Å². The molecular formula is C25H43N5O. The SMILES string of the molecule is CCN(CC)CCN(C)C(=O)C1CCN(C2CCN(Cc3cccc(C)n3)CC2)CC1. The molecule has 0 bridgehead atoms. The number of pyridine rings is 1. The van der Waals surface area contributed by atoms with Gasteiger partial charge in [0.05, 0.1) is 5.69 Å². The monoisotopic (exact) mass is 429 g/mol. The second kappa shape index (κ2) is 11.9. The van der Waals surface area contributed by atoms with Crippen LogP contribution in [0.1, 0.15) is 50.9 Å². The van der Waals surface area contributed by atoms with Crippen LogP contribution >= 0.6 is 0 Å². The molecule has 0 spiro atoms. The summed E-state index contributed by atoms with van der Waals surface area (Å²) >= 11 is 0. The fourth-order valence-corrected chi connectivity index (χ4v) is 5.12. The lowest BCUT2D eigenvalue weighted by Crippen LogP contribution is -2.49. The van der Waals surface area contributed by atoms with E-state index in [1.165, 1.54) is 18.5 Å². The molecule has 0 aromatic carbocycles. The van der Waals surface area contributed by atoms with Gasteiger partial charge >= 0.3 is 0 Å². The maximum absolute atomic E-state index is 12.9. The maximum atomic E-state index is 12.9. The molecule has 2 aliphatic heterocycles. The number of nitrogens with zero attached hydrogens (tertiary/aromatic N) is 5. The van der Waals surface area contributed by atoms with Crippen LogP contribution in [-0.4, -0.2) is 95.9 Å². The third-order valence-corrected chi connectivity index (χ3v) is 7.31. The van der Waals surface area contributed by atoms with Crippen LogP contribution in [0.4, 0.5) is 0 Å². The van der Waals surface area contributed by atoms with Gasteiger partial charge in [0.25, 0.3) is 0 Å². The summed E-state index contributed by atoms with van der Waals surface area (Å²) in [7, 11) is 1.98. The van der Waals surface area contributed by atoms with E-state index in [4.69, 9.17) is 0 Å². The maximum Gasteiger partial charge on any atom is 0.225 e. The molecule has 2 aliphatic rings. The zero-order chi connectivity index (χ0) is 22.2. The number of likely N-dealkylation sites (tertiary alicyclic amines) is 2. The predicted molar refractivity (Wildman–Crippen MR) is 127 cm³/mol. The molecule has 1 aromatic heterocycles. The van der Waals surface area contributed by atoms with E-state index < -0.39 is 0 Å². The van der Waals surface area contributed by atoms with Crippen molar-refractivity contribution >= 4 is 5.91 Å². The summed E-state index contributed by atoms with van der Waals surface area (Å²) in [6, 6.07) is 6.99. The fraction of sp³-hybridized carbons (Fsp3) is 0.760. The zero-order valence-corrected chi connectivity index (χ0v) is 20.2. The molecule has 174 valence electrons. The van der Waals surface area contributed by atoms with Gasteiger partial charge in [-0.2, -0.15) is 0 Å². The summed E-state index contributed by atoms with van der Waals surface area (Å²) in [5.41, 5.74) is 2.28. The summed E-state index contributed by atoms with van der Waals surface area (Å²) in [6.45, 7) is 15.8. The largest absolute Gasteiger partial charge is 0.344 e. The predicted octanol–water partition coefficient (Wildman–Crippen LogP) is 2.87. The molecule has 6 nitrogen and oxygen atoms in total. The number of likely N-dealkylation sites (N-methyl/N-ethyl adjacent to an activating group) is 2. The van der Waals surface area contributed by atoms with Crippen molar-refractivity contribution in [3.8, 4) is 0 Å². The molecule has 2 fully saturated rings. The van der Waals surface area contributed by atoms with Crippen molar-refractivity contribution in [2.45, 2.75) is 59.0 Å². The smallest absolute Gasteiger partial charge is 0.225 e. The molecule has 0 aliphatic carbocycles. The molecule has 1 aromatic rings. The van der Waals surface area contributed by atoms with Gasteiger partial charge in [-0.3, -0.25) is 14.7 Å². The summed E-state index contributed by atoms with van der Waals surface area (Å²) in [5, 5.41) is 0. The number of carbonyl (C=O) groups excluding carboxylic acids is 1. The number of rotatable bonds is 9. The van der Waals surface area contributed by atoms with E-state index in [0.29, 0.717) is 11.9 Å². The van der Waals surface area contributed by atoms with E-state index in [2.05, 4.69) is 58.7 Å². The molecule has 0 saturated carbocycles. The second-order valence-electron chi connectivity index (χ2n) is 9.37. The Labute approximate surface area is 189 Å². The van der Waals surface area contributed by atoms with Crippen molar-refractivity contribution in [1.29, 1.82) is 0 Å². The van der Waals surface area contributed by atoms with Crippen LogP contribution in [0, 0.1) is 12.8 Å². The highest BCUT2D eigenvalue weighted by molar-refractivity contribution is 5.78. The van der Waals surface area contributed by atoms with Gasteiger partial charge in [0.2, 0.25) is 5.91 Å². The molecule has 0 radical (unpaired) electrons. The molecule has 1 amide bonds. The van der Waals surface area contributed by atoms with Gasteiger partial charge in [-0.1, -0.05) is 19.9 Å². The highest BCUT2D eigenvalue weighted by Crippen LogP contribution is 2.25. The lowest BCUT2D eigenvalue weighted by atomic mass is 9.92. The van der Waals surface area contributed by atoms with Gasteiger partial charge in [-0.25, -0.2) is 0 Å². The third-order valence-electron chi connectivity index (χ3n) is 7.31. The van der Waals surface area contributed by atoms with Gasteiger partial charge in [0.1, 0.15) is 0 Å². The highest BCUT2D eigenvalue weighted by Gasteiger charge is 2.31. The number of carbonyl (C=O) groups is 1. The van der Waals surface area contributed by atoms with Gasteiger partial charge in [-0.05, 0) is 70.9 Å². The summed E-state index contributed by atoms with van der Waals surface area (Å²) in [4.78, 5) is 27.1. The topological polar surface area (TPSA) is 42.9 Å². The number of aryl methyl sites for hydroxylation is 1. The zero-order valence-electron chi connectivity index (χ0n) is 20.2. The van der Waals surface area contributed by atoms with Crippen molar-refractivity contribution < 1.29 is 4.79 Å². The Kier molecular flexibility index (Phi) is 9.30. The first-order valence-electron chi connectivity index (χ1n) is 12.4. The Morgan fingerprint density at radius 3 is 2.32 bits per heavy atom.